The summed E-state index contributed by atoms with van der Waals surface area (Å²) in [6.07, 6.45) is 3.25. The summed E-state index contributed by atoms with van der Waals surface area (Å²) < 4.78 is 14.1. The molecule has 0 unspecified atom stereocenters. The number of fused-ring (bicyclic) bond motifs is 3. The van der Waals surface area contributed by atoms with Crippen LogP contribution < -0.4 is 15.0 Å². The summed E-state index contributed by atoms with van der Waals surface area (Å²) in [6, 6.07) is 13.4. The van der Waals surface area contributed by atoms with Gasteiger partial charge in [0.2, 0.25) is 0 Å². The van der Waals surface area contributed by atoms with Gasteiger partial charge in [0.1, 0.15) is 17.0 Å². The van der Waals surface area contributed by atoms with Gasteiger partial charge in [0.25, 0.3) is 5.56 Å². The molecular weight excluding hydrogens is 318 g/mol. The molecule has 0 aliphatic carbocycles. The van der Waals surface area contributed by atoms with Crippen LogP contribution in [0.5, 0.6) is 11.5 Å². The quantitative estimate of drug-likeness (QED) is 0.575. The van der Waals surface area contributed by atoms with Gasteiger partial charge in [-0.2, -0.15) is 0 Å². The largest absolute Gasteiger partial charge is 0.497 e. The zero-order valence-electron chi connectivity index (χ0n) is 14.0. The highest BCUT2D eigenvalue weighted by Crippen LogP contribution is 2.22. The van der Waals surface area contributed by atoms with E-state index in [4.69, 9.17) is 9.47 Å². The lowest BCUT2D eigenvalue weighted by atomic mass is 10.2. The van der Waals surface area contributed by atoms with Gasteiger partial charge in [-0.25, -0.2) is 4.98 Å². The van der Waals surface area contributed by atoms with Gasteiger partial charge in [0.15, 0.2) is 0 Å². The number of benzene rings is 2. The van der Waals surface area contributed by atoms with E-state index in [2.05, 4.69) is 4.98 Å². The zero-order valence-corrected chi connectivity index (χ0v) is 14.0. The summed E-state index contributed by atoms with van der Waals surface area (Å²) in [5.74, 6) is 1.49. The van der Waals surface area contributed by atoms with Crippen molar-refractivity contribution in [2.24, 2.45) is 0 Å². The van der Waals surface area contributed by atoms with Crippen molar-refractivity contribution in [3.63, 3.8) is 0 Å². The van der Waals surface area contributed by atoms with Gasteiger partial charge < -0.3 is 14.0 Å². The van der Waals surface area contributed by atoms with Crippen LogP contribution in [0.25, 0.3) is 16.6 Å². The fraction of sp³-hybridized carbons (Fsp3) is 0.158. The number of imidazole rings is 1. The Kier molecular flexibility index (Phi) is 3.65. The number of rotatable bonds is 4. The molecule has 0 atom stereocenters. The number of methoxy groups -OCH3 is 2. The summed E-state index contributed by atoms with van der Waals surface area (Å²) >= 11 is 0. The van der Waals surface area contributed by atoms with Crippen LogP contribution in [0.1, 0.15) is 5.56 Å². The van der Waals surface area contributed by atoms with Crippen molar-refractivity contribution in [2.45, 2.75) is 6.54 Å². The van der Waals surface area contributed by atoms with E-state index in [1.54, 1.807) is 31.3 Å². The van der Waals surface area contributed by atoms with Crippen molar-refractivity contribution in [3.05, 3.63) is 70.9 Å². The first kappa shape index (κ1) is 15.3. The molecule has 4 aromatic rings. The SMILES string of the molecule is COc1ccc(Cn2c(=O)c3cncn3c3ccc(OC)cc32)cc1. The number of hydrogen-bond donors (Lipinski definition) is 0. The fourth-order valence-electron chi connectivity index (χ4n) is 3.01. The summed E-state index contributed by atoms with van der Waals surface area (Å²) in [4.78, 5) is 17.1. The minimum atomic E-state index is -0.0888. The van der Waals surface area contributed by atoms with Crippen LogP contribution in [0.3, 0.4) is 0 Å². The third-order valence-corrected chi connectivity index (χ3v) is 4.34. The molecule has 0 N–H and O–H groups in total. The van der Waals surface area contributed by atoms with E-state index in [1.165, 1.54) is 0 Å². The number of hydrogen-bond acceptors (Lipinski definition) is 4. The van der Waals surface area contributed by atoms with Gasteiger partial charge in [0, 0.05) is 6.07 Å². The maximum Gasteiger partial charge on any atom is 0.277 e. The molecule has 0 fully saturated rings. The molecule has 2 aromatic heterocycles. The van der Waals surface area contributed by atoms with E-state index < -0.39 is 0 Å². The van der Waals surface area contributed by atoms with E-state index in [-0.39, 0.29) is 5.56 Å². The predicted octanol–water partition coefficient (Wildman–Crippen LogP) is 2.71. The Hall–Kier alpha value is -3.28. The average Bonchev–Trinajstić information content (AvgIpc) is 3.15. The first-order valence-electron chi connectivity index (χ1n) is 7.87. The van der Waals surface area contributed by atoms with Crippen LogP contribution in [-0.4, -0.2) is 28.2 Å². The molecule has 2 aromatic carbocycles. The summed E-state index contributed by atoms with van der Waals surface area (Å²) in [7, 11) is 3.25. The highest BCUT2D eigenvalue weighted by molar-refractivity contribution is 5.80. The lowest BCUT2D eigenvalue weighted by Crippen LogP contribution is -2.23. The second kappa shape index (κ2) is 5.98. The Morgan fingerprint density at radius 3 is 2.36 bits per heavy atom. The molecule has 0 saturated heterocycles. The van der Waals surface area contributed by atoms with Gasteiger partial charge in [-0.1, -0.05) is 12.1 Å². The van der Waals surface area contributed by atoms with E-state index >= 15 is 0 Å². The lowest BCUT2D eigenvalue weighted by Gasteiger charge is -2.13. The highest BCUT2D eigenvalue weighted by Gasteiger charge is 2.12. The smallest absolute Gasteiger partial charge is 0.277 e. The third kappa shape index (κ3) is 2.52. The second-order valence-corrected chi connectivity index (χ2v) is 5.74. The van der Waals surface area contributed by atoms with Crippen LogP contribution in [-0.2, 0) is 6.54 Å². The number of nitrogens with zero attached hydrogens (tertiary/aromatic N) is 3. The summed E-state index contributed by atoms with van der Waals surface area (Å²) in [6.45, 7) is 0.453. The van der Waals surface area contributed by atoms with Crippen molar-refractivity contribution in [1.82, 2.24) is 14.0 Å². The highest BCUT2D eigenvalue weighted by atomic mass is 16.5. The van der Waals surface area contributed by atoms with Crippen LogP contribution >= 0.6 is 0 Å². The van der Waals surface area contributed by atoms with Gasteiger partial charge in [-0.15, -0.1) is 0 Å². The molecule has 0 saturated carbocycles. The maximum absolute atomic E-state index is 13.0. The minimum Gasteiger partial charge on any atom is -0.497 e. The van der Waals surface area contributed by atoms with Crippen LogP contribution in [0.15, 0.2) is 59.8 Å². The monoisotopic (exact) mass is 335 g/mol. The van der Waals surface area contributed by atoms with E-state index in [0.717, 1.165) is 22.3 Å². The second-order valence-electron chi connectivity index (χ2n) is 5.74. The Morgan fingerprint density at radius 1 is 0.920 bits per heavy atom. The first-order chi connectivity index (χ1) is 12.2. The Morgan fingerprint density at radius 2 is 1.64 bits per heavy atom. The Bertz CT molecular complexity index is 1110. The van der Waals surface area contributed by atoms with Crippen molar-refractivity contribution >= 4 is 16.6 Å². The normalized spacial score (nSPS) is 11.1. The molecule has 25 heavy (non-hydrogen) atoms. The lowest BCUT2D eigenvalue weighted by molar-refractivity contribution is 0.414. The molecule has 4 rings (SSSR count). The molecule has 126 valence electrons. The fourth-order valence-corrected chi connectivity index (χ4v) is 3.01. The van der Waals surface area contributed by atoms with Crippen molar-refractivity contribution < 1.29 is 9.47 Å². The summed E-state index contributed by atoms with van der Waals surface area (Å²) in [5, 5.41) is 0. The standard InChI is InChI=1S/C19H17N3O3/c1-24-14-5-3-13(4-6-14)11-21-17-9-15(25-2)7-8-16(17)22-12-20-10-18(22)19(21)23/h3-10,12H,11H2,1-2H3. The van der Waals surface area contributed by atoms with E-state index in [0.29, 0.717) is 17.8 Å². The number of aromatic nitrogens is 3. The van der Waals surface area contributed by atoms with Gasteiger partial charge >= 0.3 is 0 Å². The van der Waals surface area contributed by atoms with Crippen molar-refractivity contribution in [3.8, 4) is 11.5 Å². The van der Waals surface area contributed by atoms with Crippen LogP contribution in [0.4, 0.5) is 0 Å². The van der Waals surface area contributed by atoms with E-state index in [1.807, 2.05) is 46.9 Å². The zero-order chi connectivity index (χ0) is 17.4. The van der Waals surface area contributed by atoms with Crippen LogP contribution in [0, 0.1) is 0 Å². The summed E-state index contributed by atoms with van der Waals surface area (Å²) in [5.41, 5.74) is 3.17. The van der Waals surface area contributed by atoms with Crippen LogP contribution in [0.2, 0.25) is 0 Å². The topological polar surface area (TPSA) is 57.8 Å². The van der Waals surface area contributed by atoms with Crippen molar-refractivity contribution in [1.29, 1.82) is 0 Å². The maximum atomic E-state index is 13.0. The molecule has 0 aliphatic heterocycles. The van der Waals surface area contributed by atoms with Gasteiger partial charge in [-0.05, 0) is 29.8 Å². The molecule has 0 spiro atoms. The van der Waals surface area contributed by atoms with Crippen molar-refractivity contribution in [2.75, 3.05) is 14.2 Å². The minimum absolute atomic E-state index is 0.0888. The van der Waals surface area contributed by atoms with E-state index in [9.17, 15) is 4.79 Å². The average molecular weight is 335 g/mol. The molecule has 0 aliphatic rings. The number of ether oxygens (including phenoxy) is 2. The molecule has 0 radical (unpaired) electrons. The van der Waals surface area contributed by atoms with Gasteiger partial charge in [0.05, 0.1) is 44.3 Å². The molecule has 6 nitrogen and oxygen atoms in total. The van der Waals surface area contributed by atoms with Gasteiger partial charge in [-0.3, -0.25) is 9.20 Å². The third-order valence-electron chi connectivity index (χ3n) is 4.34. The molecule has 0 bridgehead atoms. The predicted molar refractivity (Wildman–Crippen MR) is 95.6 cm³/mol. The Labute approximate surface area is 143 Å². The molecular formula is C19H17N3O3. The molecule has 6 heteroatoms. The first-order valence-corrected chi connectivity index (χ1v) is 7.87. The Balaban J connectivity index is 1.95. The molecule has 0 amide bonds. The molecule has 2 heterocycles.